The van der Waals surface area contributed by atoms with Crippen LogP contribution in [0.4, 0.5) is 4.39 Å². The van der Waals surface area contributed by atoms with Crippen molar-refractivity contribution in [3.8, 4) is 17.0 Å². The van der Waals surface area contributed by atoms with Crippen molar-refractivity contribution in [1.29, 1.82) is 0 Å². The highest BCUT2D eigenvalue weighted by atomic mass is 19.1. The van der Waals surface area contributed by atoms with Gasteiger partial charge in [0, 0.05) is 18.2 Å². The fraction of sp³-hybridized carbons (Fsp3) is 0.211. The van der Waals surface area contributed by atoms with Gasteiger partial charge in [-0.3, -0.25) is 14.6 Å². The van der Waals surface area contributed by atoms with E-state index >= 15 is 0 Å². The van der Waals surface area contributed by atoms with E-state index in [0.29, 0.717) is 12.8 Å². The first kappa shape index (κ1) is 16.1. The van der Waals surface area contributed by atoms with Crippen LogP contribution in [0.25, 0.3) is 11.3 Å². The maximum absolute atomic E-state index is 13.0. The zero-order valence-electron chi connectivity index (χ0n) is 13.7. The Morgan fingerprint density at radius 3 is 2.33 bits per heavy atom. The lowest BCUT2D eigenvalue weighted by Crippen LogP contribution is -2.15. The Kier molecular flexibility index (Phi) is 4.51. The maximum Gasteiger partial charge on any atom is 0.270 e. The van der Waals surface area contributed by atoms with Crippen molar-refractivity contribution in [3.05, 3.63) is 75.8 Å². The van der Waals surface area contributed by atoms with Crippen LogP contribution >= 0.6 is 0 Å². The van der Waals surface area contributed by atoms with Crippen molar-refractivity contribution in [3.63, 3.8) is 0 Å². The Labute approximate surface area is 139 Å². The van der Waals surface area contributed by atoms with Crippen LogP contribution < -0.4 is 10.3 Å². The molecule has 1 heterocycles. The summed E-state index contributed by atoms with van der Waals surface area (Å²) >= 11 is 0. The molecule has 0 saturated heterocycles. The molecule has 0 radical (unpaired) electrons. The molecular weight excluding hydrogens is 307 g/mol. The molecule has 0 amide bonds. The molecule has 0 bridgehead atoms. The molecule has 0 saturated carbocycles. The number of H-pyrrole nitrogens is 1. The van der Waals surface area contributed by atoms with Crippen LogP contribution in [0.5, 0.6) is 5.75 Å². The summed E-state index contributed by atoms with van der Waals surface area (Å²) in [6, 6.07) is 14.0. The molecule has 0 aliphatic rings. The first-order chi connectivity index (χ1) is 11.6. The monoisotopic (exact) mass is 326 g/mol. The predicted octanol–water partition coefficient (Wildman–Crippen LogP) is 3.31. The Hall–Kier alpha value is -2.82. The molecule has 124 valence electrons. The van der Waals surface area contributed by atoms with E-state index in [2.05, 4.69) is 5.10 Å². The number of hydrogen-bond donors (Lipinski definition) is 1. The van der Waals surface area contributed by atoms with Crippen LogP contribution in [0.3, 0.4) is 0 Å². The fourth-order valence-electron chi connectivity index (χ4n) is 2.74. The number of nitrogens with one attached hydrogen (secondary N) is 1. The number of aromatic nitrogens is 2. The molecule has 3 aromatic rings. The molecule has 0 atom stereocenters. The number of methoxy groups -OCH3 is 1. The zero-order chi connectivity index (χ0) is 17.1. The minimum Gasteiger partial charge on any atom is -0.497 e. The van der Waals surface area contributed by atoms with Gasteiger partial charge in [0.2, 0.25) is 0 Å². The maximum atomic E-state index is 13.0. The fourth-order valence-corrected chi connectivity index (χ4v) is 2.74. The van der Waals surface area contributed by atoms with Crippen molar-refractivity contribution in [2.24, 2.45) is 7.05 Å². The number of halogens is 1. The second-order valence-corrected chi connectivity index (χ2v) is 5.68. The van der Waals surface area contributed by atoms with E-state index in [1.54, 1.807) is 26.3 Å². The lowest BCUT2D eigenvalue weighted by Gasteiger charge is -2.05. The molecule has 2 aromatic carbocycles. The van der Waals surface area contributed by atoms with Crippen molar-refractivity contribution in [2.45, 2.75) is 12.8 Å². The van der Waals surface area contributed by atoms with E-state index in [1.807, 2.05) is 24.3 Å². The number of ether oxygens (including phenoxy) is 1. The average Bonchev–Trinajstić information content (AvgIpc) is 2.89. The van der Waals surface area contributed by atoms with Gasteiger partial charge in [-0.25, -0.2) is 4.39 Å². The second kappa shape index (κ2) is 6.74. The first-order valence-corrected chi connectivity index (χ1v) is 7.75. The summed E-state index contributed by atoms with van der Waals surface area (Å²) in [5.41, 5.74) is 3.44. The molecule has 5 heteroatoms. The molecule has 24 heavy (non-hydrogen) atoms. The van der Waals surface area contributed by atoms with Crippen LogP contribution in [0.15, 0.2) is 53.3 Å². The summed E-state index contributed by atoms with van der Waals surface area (Å²) in [4.78, 5) is 12.4. The molecule has 0 spiro atoms. The molecule has 0 aliphatic heterocycles. The summed E-state index contributed by atoms with van der Waals surface area (Å²) in [5.74, 6) is 0.514. The summed E-state index contributed by atoms with van der Waals surface area (Å²) in [6.07, 6.45) is 1.26. The molecule has 0 fully saturated rings. The van der Waals surface area contributed by atoms with Crippen molar-refractivity contribution in [1.82, 2.24) is 9.78 Å². The summed E-state index contributed by atoms with van der Waals surface area (Å²) in [6.45, 7) is 0. The second-order valence-electron chi connectivity index (χ2n) is 5.68. The Bertz CT molecular complexity index is 877. The molecule has 0 aliphatic carbocycles. The van der Waals surface area contributed by atoms with E-state index in [9.17, 15) is 9.18 Å². The van der Waals surface area contributed by atoms with Gasteiger partial charge < -0.3 is 4.74 Å². The van der Waals surface area contributed by atoms with Gasteiger partial charge in [-0.2, -0.15) is 0 Å². The number of nitrogens with zero attached hydrogens (tertiary/aromatic N) is 1. The SMILES string of the molecule is COc1ccc(-c2[nH]n(C)c(=O)c2CCc2ccc(F)cc2)cc1. The molecule has 3 rings (SSSR count). The van der Waals surface area contributed by atoms with E-state index in [0.717, 1.165) is 28.1 Å². The minimum absolute atomic E-state index is 0.0390. The molecule has 1 N–H and O–H groups in total. The van der Waals surface area contributed by atoms with Crippen LogP contribution in [0.2, 0.25) is 0 Å². The van der Waals surface area contributed by atoms with E-state index in [1.165, 1.54) is 16.8 Å². The highest BCUT2D eigenvalue weighted by Gasteiger charge is 2.14. The molecule has 4 nitrogen and oxygen atoms in total. The number of benzene rings is 2. The number of hydrogen-bond acceptors (Lipinski definition) is 2. The topological polar surface area (TPSA) is 47.0 Å². The van der Waals surface area contributed by atoms with Crippen molar-refractivity contribution in [2.75, 3.05) is 7.11 Å². The normalized spacial score (nSPS) is 10.8. The van der Waals surface area contributed by atoms with E-state index < -0.39 is 0 Å². The highest BCUT2D eigenvalue weighted by Crippen LogP contribution is 2.23. The lowest BCUT2D eigenvalue weighted by molar-refractivity contribution is 0.415. The Balaban J connectivity index is 1.89. The van der Waals surface area contributed by atoms with Gasteiger partial charge >= 0.3 is 0 Å². The predicted molar refractivity (Wildman–Crippen MR) is 91.8 cm³/mol. The van der Waals surface area contributed by atoms with Gasteiger partial charge in [0.1, 0.15) is 11.6 Å². The van der Waals surface area contributed by atoms with E-state index in [4.69, 9.17) is 4.74 Å². The van der Waals surface area contributed by atoms with Crippen molar-refractivity contribution >= 4 is 0 Å². The summed E-state index contributed by atoms with van der Waals surface area (Å²) < 4.78 is 19.7. The van der Waals surface area contributed by atoms with Gasteiger partial charge in [0.15, 0.2) is 0 Å². The number of rotatable bonds is 5. The van der Waals surface area contributed by atoms with Gasteiger partial charge in [0.25, 0.3) is 5.56 Å². The largest absolute Gasteiger partial charge is 0.497 e. The summed E-state index contributed by atoms with van der Waals surface area (Å²) in [5, 5.41) is 3.12. The van der Waals surface area contributed by atoms with Crippen molar-refractivity contribution < 1.29 is 9.13 Å². The van der Waals surface area contributed by atoms with Crippen LogP contribution in [-0.4, -0.2) is 16.9 Å². The third-order valence-corrected chi connectivity index (χ3v) is 4.10. The zero-order valence-corrected chi connectivity index (χ0v) is 13.7. The van der Waals surface area contributed by atoms with Crippen LogP contribution in [0.1, 0.15) is 11.1 Å². The third kappa shape index (κ3) is 3.25. The van der Waals surface area contributed by atoms with Gasteiger partial charge in [0.05, 0.1) is 12.8 Å². The molecule has 0 unspecified atom stereocenters. The molecular formula is C19H19FN2O2. The average molecular weight is 326 g/mol. The van der Waals surface area contributed by atoms with Gasteiger partial charge in [-0.1, -0.05) is 12.1 Å². The first-order valence-electron chi connectivity index (χ1n) is 7.75. The minimum atomic E-state index is -0.254. The smallest absolute Gasteiger partial charge is 0.270 e. The highest BCUT2D eigenvalue weighted by molar-refractivity contribution is 5.63. The lowest BCUT2D eigenvalue weighted by atomic mass is 10.0. The van der Waals surface area contributed by atoms with Crippen LogP contribution in [0, 0.1) is 5.82 Å². The van der Waals surface area contributed by atoms with Gasteiger partial charge in [-0.05, 0) is 54.8 Å². The number of aryl methyl sites for hydroxylation is 2. The number of aromatic amines is 1. The molecule has 1 aromatic heterocycles. The quantitative estimate of drug-likeness (QED) is 0.782. The Morgan fingerprint density at radius 2 is 1.71 bits per heavy atom. The van der Waals surface area contributed by atoms with Crippen LogP contribution in [-0.2, 0) is 19.9 Å². The van der Waals surface area contributed by atoms with E-state index in [-0.39, 0.29) is 11.4 Å². The summed E-state index contributed by atoms with van der Waals surface area (Å²) in [7, 11) is 3.32. The third-order valence-electron chi connectivity index (χ3n) is 4.10. The Morgan fingerprint density at radius 1 is 1.04 bits per heavy atom. The van der Waals surface area contributed by atoms with Gasteiger partial charge in [-0.15, -0.1) is 0 Å². The standard InChI is InChI=1S/C19H19FN2O2/c1-22-19(23)17(12-5-13-3-8-15(20)9-4-13)18(21-22)14-6-10-16(24-2)11-7-14/h3-4,6-11,21H,5,12H2,1-2H3.